The first-order chi connectivity index (χ1) is 15.4. The molecule has 0 aromatic heterocycles. The third kappa shape index (κ3) is 8.91. The number of thiol groups is 1. The second-order valence-corrected chi connectivity index (χ2v) is 8.38. The van der Waals surface area contributed by atoms with Gasteiger partial charge in [-0.15, -0.1) is 0 Å². The highest BCUT2D eigenvalue weighted by Crippen LogP contribution is 2.12. The lowest BCUT2D eigenvalue weighted by atomic mass is 10.0. The van der Waals surface area contributed by atoms with Gasteiger partial charge in [-0.05, 0) is 30.5 Å². The van der Waals surface area contributed by atoms with E-state index in [9.17, 15) is 34.5 Å². The van der Waals surface area contributed by atoms with Gasteiger partial charge in [-0.25, -0.2) is 4.79 Å². The molecule has 3 amide bonds. The number of aromatic hydroxyl groups is 1. The Morgan fingerprint density at radius 2 is 1.45 bits per heavy atom. The Morgan fingerprint density at radius 3 is 1.91 bits per heavy atom. The third-order valence-electron chi connectivity index (χ3n) is 4.88. The molecule has 0 saturated carbocycles. The van der Waals surface area contributed by atoms with Gasteiger partial charge in [0.05, 0.1) is 6.10 Å². The van der Waals surface area contributed by atoms with Gasteiger partial charge in [0.1, 0.15) is 29.9 Å². The van der Waals surface area contributed by atoms with Crippen LogP contribution in [-0.2, 0) is 25.6 Å². The van der Waals surface area contributed by atoms with Crippen molar-refractivity contribution in [3.8, 4) is 5.75 Å². The average molecular weight is 485 g/mol. The van der Waals surface area contributed by atoms with Crippen LogP contribution in [-0.4, -0.2) is 75.0 Å². The Balaban J connectivity index is 3.03. The van der Waals surface area contributed by atoms with Gasteiger partial charge in [-0.3, -0.25) is 14.4 Å². The van der Waals surface area contributed by atoms with Crippen molar-refractivity contribution in [1.82, 2.24) is 16.0 Å². The number of phenolic OH excluding ortho intramolecular Hbond substituents is 1. The Morgan fingerprint density at radius 1 is 0.939 bits per heavy atom. The minimum absolute atomic E-state index is 0.00492. The number of aliphatic hydroxyl groups is 1. The van der Waals surface area contributed by atoms with E-state index >= 15 is 0 Å². The number of carboxylic acid groups (broad SMARTS) is 1. The summed E-state index contributed by atoms with van der Waals surface area (Å²) in [6, 6.07) is 1.14. The molecule has 0 fully saturated rings. The van der Waals surface area contributed by atoms with Gasteiger partial charge >= 0.3 is 5.97 Å². The van der Waals surface area contributed by atoms with Crippen LogP contribution in [0.1, 0.15) is 26.3 Å². The number of rotatable bonds is 12. The lowest BCUT2D eigenvalue weighted by molar-refractivity contribution is -0.143. The maximum absolute atomic E-state index is 13.0. The summed E-state index contributed by atoms with van der Waals surface area (Å²) < 4.78 is 0. The van der Waals surface area contributed by atoms with Crippen LogP contribution in [0.25, 0.3) is 0 Å². The lowest BCUT2D eigenvalue weighted by Gasteiger charge is -2.25. The van der Waals surface area contributed by atoms with Crippen LogP contribution in [0.15, 0.2) is 24.3 Å². The minimum Gasteiger partial charge on any atom is -0.508 e. The number of aliphatic hydroxyl groups excluding tert-OH is 1. The van der Waals surface area contributed by atoms with Gasteiger partial charge in [0.2, 0.25) is 17.7 Å². The Labute approximate surface area is 197 Å². The fourth-order valence-corrected chi connectivity index (χ4v) is 3.05. The number of aliphatic carboxylic acids is 1. The van der Waals surface area contributed by atoms with Gasteiger partial charge < -0.3 is 37.0 Å². The number of amides is 3. The molecule has 1 aromatic carbocycles. The highest BCUT2D eigenvalue weighted by molar-refractivity contribution is 7.80. The van der Waals surface area contributed by atoms with E-state index in [2.05, 4.69) is 28.6 Å². The van der Waals surface area contributed by atoms with E-state index in [0.29, 0.717) is 5.56 Å². The van der Waals surface area contributed by atoms with Gasteiger partial charge in [-0.1, -0.05) is 26.0 Å². The first-order valence-corrected chi connectivity index (χ1v) is 11.0. The van der Waals surface area contributed by atoms with Gasteiger partial charge in [0, 0.05) is 12.2 Å². The molecule has 0 aliphatic heterocycles. The summed E-state index contributed by atoms with van der Waals surface area (Å²) in [6.45, 7) is 4.58. The Bertz CT molecular complexity index is 832. The molecule has 0 saturated heterocycles. The topological polar surface area (TPSA) is 191 Å². The van der Waals surface area contributed by atoms with Crippen LogP contribution in [0, 0.1) is 5.92 Å². The summed E-state index contributed by atoms with van der Waals surface area (Å²) in [5.41, 5.74) is 6.24. The molecular weight excluding hydrogens is 452 g/mol. The second kappa shape index (κ2) is 13.0. The molecule has 0 spiro atoms. The number of carbonyl (C=O) groups excluding carboxylic acids is 3. The first kappa shape index (κ1) is 28.2. The van der Waals surface area contributed by atoms with Crippen molar-refractivity contribution in [3.63, 3.8) is 0 Å². The number of hydrogen-bond acceptors (Lipinski definition) is 8. The summed E-state index contributed by atoms with van der Waals surface area (Å²) in [4.78, 5) is 49.2. The molecule has 0 aliphatic rings. The number of phenols is 1. The van der Waals surface area contributed by atoms with Crippen molar-refractivity contribution in [2.24, 2.45) is 11.7 Å². The largest absolute Gasteiger partial charge is 0.508 e. The Kier molecular flexibility index (Phi) is 11.1. The predicted molar refractivity (Wildman–Crippen MR) is 124 cm³/mol. The summed E-state index contributed by atoms with van der Waals surface area (Å²) in [7, 11) is 0. The molecule has 0 aliphatic carbocycles. The average Bonchev–Trinajstić information content (AvgIpc) is 2.75. The first-order valence-electron chi connectivity index (χ1n) is 10.3. The van der Waals surface area contributed by atoms with E-state index in [1.54, 1.807) is 26.0 Å². The quantitative estimate of drug-likeness (QED) is 0.169. The van der Waals surface area contributed by atoms with Crippen molar-refractivity contribution in [2.75, 3.05) is 5.75 Å². The normalized spacial score (nSPS) is 15.6. The lowest BCUT2D eigenvalue weighted by Crippen LogP contribution is -2.59. The molecule has 33 heavy (non-hydrogen) atoms. The SMILES string of the molecule is CC(C)C(NC(=O)C(CS)NC(=O)C(Cc1ccc(O)cc1)NC(=O)C(N)C(C)O)C(=O)O. The molecule has 0 heterocycles. The monoisotopic (exact) mass is 484 g/mol. The van der Waals surface area contributed by atoms with E-state index in [1.807, 2.05) is 0 Å². The van der Waals surface area contributed by atoms with Crippen molar-refractivity contribution < 1.29 is 34.5 Å². The molecule has 184 valence electrons. The number of carbonyl (C=O) groups is 4. The molecule has 5 atom stereocenters. The maximum Gasteiger partial charge on any atom is 0.326 e. The summed E-state index contributed by atoms with van der Waals surface area (Å²) >= 11 is 4.07. The summed E-state index contributed by atoms with van der Waals surface area (Å²) in [5.74, 6) is -3.98. The van der Waals surface area contributed by atoms with E-state index in [1.165, 1.54) is 19.1 Å². The molecule has 12 heteroatoms. The van der Waals surface area contributed by atoms with Crippen LogP contribution in [0.2, 0.25) is 0 Å². The second-order valence-electron chi connectivity index (χ2n) is 8.01. The molecule has 5 unspecified atom stereocenters. The molecule has 1 rings (SSSR count). The van der Waals surface area contributed by atoms with Crippen molar-refractivity contribution >= 4 is 36.3 Å². The Hall–Kier alpha value is -2.83. The number of nitrogens with one attached hydrogen (secondary N) is 3. The van der Waals surface area contributed by atoms with Gasteiger partial charge in [0.25, 0.3) is 0 Å². The van der Waals surface area contributed by atoms with Crippen molar-refractivity contribution in [2.45, 2.75) is 57.5 Å². The smallest absolute Gasteiger partial charge is 0.326 e. The number of carboxylic acids is 1. The molecular formula is C21H32N4O7S. The summed E-state index contributed by atoms with van der Waals surface area (Å²) in [6.07, 6.45) is -1.17. The van der Waals surface area contributed by atoms with Crippen molar-refractivity contribution in [3.05, 3.63) is 29.8 Å². The number of benzene rings is 1. The highest BCUT2D eigenvalue weighted by atomic mass is 32.1. The van der Waals surface area contributed by atoms with Crippen LogP contribution in [0.3, 0.4) is 0 Å². The zero-order valence-electron chi connectivity index (χ0n) is 18.7. The molecule has 8 N–H and O–H groups in total. The van der Waals surface area contributed by atoms with Crippen LogP contribution >= 0.6 is 12.6 Å². The van der Waals surface area contributed by atoms with Crippen molar-refractivity contribution in [1.29, 1.82) is 0 Å². The fraction of sp³-hybridized carbons (Fsp3) is 0.524. The third-order valence-corrected chi connectivity index (χ3v) is 5.24. The molecule has 0 radical (unpaired) electrons. The molecule has 0 bridgehead atoms. The number of nitrogens with two attached hydrogens (primary N) is 1. The molecule has 11 nitrogen and oxygen atoms in total. The van der Waals surface area contributed by atoms with E-state index in [4.69, 9.17) is 5.73 Å². The van der Waals surface area contributed by atoms with Crippen LogP contribution < -0.4 is 21.7 Å². The van der Waals surface area contributed by atoms with Crippen LogP contribution in [0.4, 0.5) is 0 Å². The zero-order chi connectivity index (χ0) is 25.3. The summed E-state index contributed by atoms with van der Waals surface area (Å²) in [5, 5.41) is 35.6. The maximum atomic E-state index is 13.0. The number of hydrogen-bond donors (Lipinski definition) is 8. The predicted octanol–water partition coefficient (Wildman–Crippen LogP) is -1.23. The van der Waals surface area contributed by atoms with Crippen LogP contribution in [0.5, 0.6) is 5.75 Å². The molecule has 1 aromatic rings. The van der Waals surface area contributed by atoms with E-state index in [-0.39, 0.29) is 17.9 Å². The van der Waals surface area contributed by atoms with E-state index < -0.39 is 59.9 Å². The van der Waals surface area contributed by atoms with E-state index in [0.717, 1.165) is 0 Å². The fourth-order valence-electron chi connectivity index (χ4n) is 2.80. The van der Waals surface area contributed by atoms with Gasteiger partial charge in [-0.2, -0.15) is 12.6 Å². The van der Waals surface area contributed by atoms with Gasteiger partial charge in [0.15, 0.2) is 0 Å². The standard InChI is InChI=1S/C21H32N4O7S/c1-10(2)17(21(31)32)25-19(29)15(9-33)24-18(28)14(23-20(30)16(22)11(3)26)8-12-4-6-13(27)7-5-12/h4-7,10-11,14-17,26-27,33H,8-9,22H2,1-3H3,(H,23,30)(H,24,28)(H,25,29)(H,31,32). The zero-order valence-corrected chi connectivity index (χ0v) is 19.6. The minimum atomic E-state index is -1.29. The highest BCUT2D eigenvalue weighted by Gasteiger charge is 2.31.